The van der Waals surface area contributed by atoms with Gasteiger partial charge in [-0.3, -0.25) is 19.3 Å². The third kappa shape index (κ3) is 11.9. The van der Waals surface area contributed by atoms with Crippen LogP contribution in [0, 0.1) is 5.92 Å². The highest BCUT2D eigenvalue weighted by Gasteiger charge is 2.29. The molecule has 0 bridgehead atoms. The lowest BCUT2D eigenvalue weighted by Gasteiger charge is -2.33. The Morgan fingerprint density at radius 1 is 0.810 bits per heavy atom. The van der Waals surface area contributed by atoms with Gasteiger partial charge >= 0.3 is 5.97 Å². The Kier molecular flexibility index (Phi) is 15.9. The van der Waals surface area contributed by atoms with Crippen LogP contribution >= 0.6 is 0 Å². The molecular formula is C53H60N4O6. The van der Waals surface area contributed by atoms with E-state index in [-0.39, 0.29) is 35.8 Å². The van der Waals surface area contributed by atoms with Gasteiger partial charge < -0.3 is 30.5 Å². The molecule has 2 amide bonds. The predicted octanol–water partition coefficient (Wildman–Crippen LogP) is 8.47. The molecule has 0 saturated carbocycles. The molecule has 2 saturated heterocycles. The molecule has 4 N–H and O–H groups in total. The third-order valence-corrected chi connectivity index (χ3v) is 12.6. The number of nitrogens with zero attached hydrogens (tertiary/aromatic N) is 2. The number of phenolic OH excluding ortho intramolecular Hbond substituents is 1. The number of likely N-dealkylation sites (tertiary alicyclic amines) is 2. The molecule has 5 aromatic rings. The summed E-state index contributed by atoms with van der Waals surface area (Å²) in [6, 6.07) is 39.8. The van der Waals surface area contributed by atoms with Gasteiger partial charge in [-0.15, -0.1) is 0 Å². The maximum atomic E-state index is 13.9. The first kappa shape index (κ1) is 45.0. The van der Waals surface area contributed by atoms with E-state index in [1.54, 1.807) is 18.2 Å². The predicted molar refractivity (Wildman–Crippen MR) is 248 cm³/mol. The van der Waals surface area contributed by atoms with Crippen LogP contribution in [0.1, 0.15) is 99.8 Å². The highest BCUT2D eigenvalue weighted by molar-refractivity contribution is 5.94. The standard InChI is InChI=1S/C53H60N4O6/c1-2-10-47-46(21-22-48(59)51(47)55-37-58)49(60)34-54-28-23-38-17-19-43(20-18-38)52(61)57-31-26-41(27-32-57)44-15-9-16-45(33-44)50(42-13-7-4-8-14-42)53(62)63-36-40-24-29-56(30-25-40)35-39-11-5-3-6-12-39/h2-22,33,37,40-41,49-50,54,59-60H,23-32,34-36H2,1H3,(H,55,58)/b10-2-. The number of hydrogen-bond acceptors (Lipinski definition) is 8. The highest BCUT2D eigenvalue weighted by atomic mass is 16.5. The fourth-order valence-corrected chi connectivity index (χ4v) is 9.00. The summed E-state index contributed by atoms with van der Waals surface area (Å²) in [5.41, 5.74) is 7.51. The molecule has 0 aromatic heterocycles. The van der Waals surface area contributed by atoms with Gasteiger partial charge in [0.05, 0.1) is 18.4 Å². The van der Waals surface area contributed by atoms with Crippen molar-refractivity contribution in [3.05, 3.63) is 172 Å². The molecule has 0 radical (unpaired) electrons. The fourth-order valence-electron chi connectivity index (χ4n) is 9.00. The normalized spacial score (nSPS) is 16.1. The second-order valence-electron chi connectivity index (χ2n) is 16.8. The topological polar surface area (TPSA) is 131 Å². The first-order valence-electron chi connectivity index (χ1n) is 22.3. The number of phenols is 1. The zero-order valence-electron chi connectivity index (χ0n) is 36.2. The highest BCUT2D eigenvalue weighted by Crippen LogP contribution is 2.35. The van der Waals surface area contributed by atoms with Crippen molar-refractivity contribution in [1.29, 1.82) is 0 Å². The van der Waals surface area contributed by atoms with E-state index in [0.717, 1.165) is 62.0 Å². The minimum Gasteiger partial charge on any atom is -0.506 e. The Labute approximate surface area is 371 Å². The van der Waals surface area contributed by atoms with Crippen molar-refractivity contribution in [2.45, 2.75) is 63.5 Å². The number of carbonyl (C=O) groups excluding carboxylic acids is 3. The zero-order chi connectivity index (χ0) is 44.0. The van der Waals surface area contributed by atoms with Crippen LogP contribution in [-0.2, 0) is 27.3 Å². The molecule has 0 spiro atoms. The van der Waals surface area contributed by atoms with Crippen molar-refractivity contribution in [3.8, 4) is 5.75 Å². The van der Waals surface area contributed by atoms with Crippen LogP contribution in [0.25, 0.3) is 6.08 Å². The molecule has 2 atom stereocenters. The van der Waals surface area contributed by atoms with Crippen LogP contribution in [0.5, 0.6) is 5.75 Å². The average Bonchev–Trinajstić information content (AvgIpc) is 3.32. The molecule has 0 aliphatic carbocycles. The van der Waals surface area contributed by atoms with Crippen molar-refractivity contribution in [2.75, 3.05) is 51.2 Å². The van der Waals surface area contributed by atoms with Crippen LogP contribution in [0.3, 0.4) is 0 Å². The summed E-state index contributed by atoms with van der Waals surface area (Å²) >= 11 is 0. The summed E-state index contributed by atoms with van der Waals surface area (Å²) < 4.78 is 6.12. The van der Waals surface area contributed by atoms with Crippen molar-refractivity contribution in [2.24, 2.45) is 5.92 Å². The maximum absolute atomic E-state index is 13.9. The van der Waals surface area contributed by atoms with Gasteiger partial charge in [-0.1, -0.05) is 115 Å². The monoisotopic (exact) mass is 848 g/mol. The number of nitrogens with one attached hydrogen (secondary N) is 2. The van der Waals surface area contributed by atoms with Gasteiger partial charge in [0.25, 0.3) is 5.91 Å². The number of carbonyl (C=O) groups is 3. The number of aromatic hydroxyl groups is 1. The van der Waals surface area contributed by atoms with Gasteiger partial charge in [-0.05, 0) is 122 Å². The number of aliphatic hydroxyl groups excluding tert-OH is 1. The Bertz CT molecular complexity index is 2280. The molecule has 10 nitrogen and oxygen atoms in total. The van der Waals surface area contributed by atoms with Crippen LogP contribution in [0.15, 0.2) is 127 Å². The Morgan fingerprint density at radius 2 is 1.51 bits per heavy atom. The number of piperidine rings is 2. The minimum absolute atomic E-state index is 0.0259. The van der Waals surface area contributed by atoms with Crippen LogP contribution in [0.2, 0.25) is 0 Å². The van der Waals surface area contributed by atoms with Crippen molar-refractivity contribution in [1.82, 2.24) is 15.1 Å². The van der Waals surface area contributed by atoms with E-state index in [1.165, 1.54) is 17.2 Å². The maximum Gasteiger partial charge on any atom is 0.317 e. The number of esters is 1. The lowest BCUT2D eigenvalue weighted by Crippen LogP contribution is -2.38. The number of hydrogen-bond donors (Lipinski definition) is 4. The molecule has 2 unspecified atom stereocenters. The SMILES string of the molecule is C/C=C\c1c(C(O)CNCCc2ccc(C(=O)N3CCC(c4cccc(C(C(=O)OCC5CCN(Cc6ccccc6)CC5)c5ccccc5)c4)CC3)cc2)ccc(O)c1NC=O. The zero-order valence-corrected chi connectivity index (χ0v) is 36.2. The average molecular weight is 849 g/mol. The van der Waals surface area contributed by atoms with E-state index in [9.17, 15) is 24.6 Å². The molecule has 63 heavy (non-hydrogen) atoms. The first-order chi connectivity index (χ1) is 30.8. The molecular weight excluding hydrogens is 789 g/mol. The van der Waals surface area contributed by atoms with Gasteiger partial charge in [0.2, 0.25) is 6.41 Å². The molecule has 5 aromatic carbocycles. The van der Waals surface area contributed by atoms with E-state index in [4.69, 9.17) is 4.74 Å². The molecule has 2 fully saturated rings. The molecule has 2 aliphatic heterocycles. The van der Waals surface area contributed by atoms with Crippen LogP contribution < -0.4 is 10.6 Å². The lowest BCUT2D eigenvalue weighted by molar-refractivity contribution is -0.146. The van der Waals surface area contributed by atoms with Crippen molar-refractivity contribution >= 4 is 30.0 Å². The van der Waals surface area contributed by atoms with Crippen LogP contribution in [0.4, 0.5) is 5.69 Å². The quantitative estimate of drug-likeness (QED) is 0.0299. The molecule has 7 rings (SSSR count). The van der Waals surface area contributed by atoms with E-state index >= 15 is 0 Å². The third-order valence-electron chi connectivity index (χ3n) is 12.6. The van der Waals surface area contributed by atoms with Crippen molar-refractivity contribution < 1.29 is 29.3 Å². The molecule has 2 heterocycles. The molecule has 328 valence electrons. The smallest absolute Gasteiger partial charge is 0.317 e. The van der Waals surface area contributed by atoms with Gasteiger partial charge in [0.15, 0.2) is 0 Å². The Balaban J connectivity index is 0.886. The summed E-state index contributed by atoms with van der Waals surface area (Å²) in [5, 5.41) is 27.0. The summed E-state index contributed by atoms with van der Waals surface area (Å²) in [4.78, 5) is 43.1. The molecule has 10 heteroatoms. The van der Waals surface area contributed by atoms with Gasteiger partial charge in [-0.25, -0.2) is 0 Å². The number of rotatable bonds is 18. The molecule has 2 aliphatic rings. The Hall–Kier alpha value is -6.07. The number of aliphatic hydroxyl groups is 1. The van der Waals surface area contributed by atoms with Gasteiger partial charge in [0.1, 0.15) is 11.7 Å². The van der Waals surface area contributed by atoms with E-state index in [2.05, 4.69) is 58.0 Å². The minimum atomic E-state index is -0.859. The largest absolute Gasteiger partial charge is 0.506 e. The number of amides is 2. The summed E-state index contributed by atoms with van der Waals surface area (Å²) in [6.45, 7) is 7.41. The first-order valence-corrected chi connectivity index (χ1v) is 22.3. The van der Waals surface area contributed by atoms with Gasteiger partial charge in [0, 0.05) is 37.3 Å². The van der Waals surface area contributed by atoms with Crippen molar-refractivity contribution in [3.63, 3.8) is 0 Å². The summed E-state index contributed by atoms with van der Waals surface area (Å²) in [7, 11) is 0. The summed E-state index contributed by atoms with van der Waals surface area (Å²) in [6.07, 6.45) is 7.57. The second kappa shape index (κ2) is 22.3. The van der Waals surface area contributed by atoms with E-state index < -0.39 is 12.0 Å². The lowest BCUT2D eigenvalue weighted by atomic mass is 9.85. The van der Waals surface area contributed by atoms with Crippen LogP contribution in [-0.4, -0.2) is 84.2 Å². The number of allylic oxidation sites excluding steroid dienone is 1. The van der Waals surface area contributed by atoms with E-state index in [0.29, 0.717) is 61.7 Å². The second-order valence-corrected chi connectivity index (χ2v) is 16.8. The summed E-state index contributed by atoms with van der Waals surface area (Å²) in [5.74, 6) is -0.144. The Morgan fingerprint density at radius 3 is 2.21 bits per heavy atom. The number of anilines is 1. The fraction of sp³-hybridized carbons (Fsp3) is 0.340. The number of benzene rings is 5. The van der Waals surface area contributed by atoms with Gasteiger partial charge in [-0.2, -0.15) is 0 Å². The number of ether oxygens (including phenoxy) is 1. The van der Waals surface area contributed by atoms with E-state index in [1.807, 2.05) is 78.6 Å².